The maximum Gasteiger partial charge on any atom is 0.311 e. The number of halogens is 3. The molecule has 0 fully saturated rings. The van der Waals surface area contributed by atoms with Crippen LogP contribution in [0.2, 0.25) is 5.02 Å². The van der Waals surface area contributed by atoms with Crippen LogP contribution in [0.15, 0.2) is 53.4 Å². The molecule has 0 aliphatic heterocycles. The van der Waals surface area contributed by atoms with E-state index in [0.29, 0.717) is 32.9 Å². The molecular weight excluding hydrogens is 384 g/mol. The van der Waals surface area contributed by atoms with Gasteiger partial charge in [-0.3, -0.25) is 9.59 Å². The quantitative estimate of drug-likeness (QED) is 0.538. The Morgan fingerprint density at radius 1 is 1.15 bits per heavy atom. The lowest BCUT2D eigenvalue weighted by molar-refractivity contribution is -0.152. The van der Waals surface area contributed by atoms with Gasteiger partial charge in [0, 0.05) is 15.6 Å². The van der Waals surface area contributed by atoms with Crippen molar-refractivity contribution in [2.75, 3.05) is 5.32 Å². The number of esters is 1. The zero-order valence-corrected chi connectivity index (χ0v) is 15.3. The molecule has 0 saturated heterocycles. The number of benzene rings is 2. The fourth-order valence-corrected chi connectivity index (χ4v) is 2.75. The summed E-state index contributed by atoms with van der Waals surface area (Å²) in [7, 11) is 0. The molecule has 0 aliphatic carbocycles. The average molecular weight is 400 g/mol. The van der Waals surface area contributed by atoms with Crippen LogP contribution in [0.4, 0.5) is 14.5 Å². The van der Waals surface area contributed by atoms with Gasteiger partial charge in [0.05, 0.1) is 6.42 Å². The highest BCUT2D eigenvalue weighted by Gasteiger charge is 2.19. The van der Waals surface area contributed by atoms with Gasteiger partial charge in [-0.05, 0) is 42.8 Å². The third kappa shape index (κ3) is 6.31. The van der Waals surface area contributed by atoms with E-state index in [9.17, 15) is 18.4 Å². The van der Waals surface area contributed by atoms with Crippen molar-refractivity contribution in [1.29, 1.82) is 0 Å². The Bertz CT molecular complexity index is 771. The predicted molar refractivity (Wildman–Crippen MR) is 97.6 cm³/mol. The highest BCUT2D eigenvalue weighted by molar-refractivity contribution is 7.99. The number of amides is 1. The number of hydrogen-bond donors (Lipinski definition) is 1. The number of carbonyl (C=O) groups is 2. The van der Waals surface area contributed by atoms with Crippen molar-refractivity contribution in [2.45, 2.75) is 30.1 Å². The van der Waals surface area contributed by atoms with Gasteiger partial charge < -0.3 is 10.1 Å². The average Bonchev–Trinajstić information content (AvgIpc) is 2.58. The van der Waals surface area contributed by atoms with Gasteiger partial charge in [0.2, 0.25) is 0 Å². The van der Waals surface area contributed by atoms with Crippen LogP contribution >= 0.6 is 23.4 Å². The molecule has 0 unspecified atom stereocenters. The van der Waals surface area contributed by atoms with Gasteiger partial charge in [0.25, 0.3) is 11.7 Å². The second kappa shape index (κ2) is 9.54. The SMILES string of the molecule is C[C@H](OC(=O)Cc1ccccc1Cl)C(=O)Nc1ccc(SC(F)F)cc1. The zero-order valence-electron chi connectivity index (χ0n) is 13.7. The number of ether oxygens (including phenoxy) is 1. The lowest BCUT2D eigenvalue weighted by atomic mass is 10.1. The molecular formula is C18H16ClF2NO3S. The zero-order chi connectivity index (χ0) is 19.1. The Labute approximate surface area is 158 Å². The van der Waals surface area contributed by atoms with E-state index in [2.05, 4.69) is 5.32 Å². The molecule has 8 heteroatoms. The molecule has 1 N–H and O–H groups in total. The molecule has 0 spiro atoms. The molecule has 0 heterocycles. The summed E-state index contributed by atoms with van der Waals surface area (Å²) in [5.41, 5.74) is 1.03. The van der Waals surface area contributed by atoms with Crippen LogP contribution in [0, 0.1) is 0 Å². The number of carbonyl (C=O) groups excluding carboxylic acids is 2. The highest BCUT2D eigenvalue weighted by atomic mass is 35.5. The van der Waals surface area contributed by atoms with E-state index in [-0.39, 0.29) is 6.42 Å². The van der Waals surface area contributed by atoms with Gasteiger partial charge in [0.15, 0.2) is 6.10 Å². The molecule has 1 amide bonds. The van der Waals surface area contributed by atoms with Crippen LogP contribution < -0.4 is 5.32 Å². The Balaban J connectivity index is 1.87. The normalized spacial score (nSPS) is 11.9. The van der Waals surface area contributed by atoms with E-state index in [4.69, 9.17) is 16.3 Å². The van der Waals surface area contributed by atoms with Crippen LogP contribution in [0.25, 0.3) is 0 Å². The van der Waals surface area contributed by atoms with Crippen LogP contribution in [-0.4, -0.2) is 23.7 Å². The number of nitrogens with one attached hydrogen (secondary N) is 1. The second-order valence-electron chi connectivity index (χ2n) is 5.29. The van der Waals surface area contributed by atoms with Crippen molar-refractivity contribution in [3.8, 4) is 0 Å². The predicted octanol–water partition coefficient (Wildman–Crippen LogP) is 4.77. The van der Waals surface area contributed by atoms with Crippen molar-refractivity contribution in [2.24, 2.45) is 0 Å². The minimum atomic E-state index is -2.51. The van der Waals surface area contributed by atoms with Crippen LogP contribution in [0.3, 0.4) is 0 Å². The summed E-state index contributed by atoms with van der Waals surface area (Å²) in [4.78, 5) is 24.4. The van der Waals surface area contributed by atoms with Crippen LogP contribution in [0.5, 0.6) is 0 Å². The van der Waals surface area contributed by atoms with Gasteiger partial charge in [-0.15, -0.1) is 0 Å². The molecule has 0 aliphatic rings. The second-order valence-corrected chi connectivity index (χ2v) is 6.76. The van der Waals surface area contributed by atoms with E-state index >= 15 is 0 Å². The first kappa shape index (κ1) is 20.2. The lowest BCUT2D eigenvalue weighted by Gasteiger charge is -2.14. The molecule has 1 atom stereocenters. The highest BCUT2D eigenvalue weighted by Crippen LogP contribution is 2.26. The standard InChI is InChI=1S/C18H16ClF2NO3S/c1-11(25-16(23)10-12-4-2-3-5-15(12)19)17(24)22-13-6-8-14(9-7-13)26-18(20)21/h2-9,11,18H,10H2,1H3,(H,22,24)/t11-/m0/s1. The molecule has 0 aromatic heterocycles. The molecule has 0 radical (unpaired) electrons. The van der Waals surface area contributed by atoms with Gasteiger partial charge in [-0.1, -0.05) is 41.6 Å². The third-order valence-electron chi connectivity index (χ3n) is 3.32. The number of alkyl halides is 2. The van der Waals surface area contributed by atoms with Crippen molar-refractivity contribution in [1.82, 2.24) is 0 Å². The molecule has 138 valence electrons. The van der Waals surface area contributed by atoms with Crippen molar-refractivity contribution in [3.05, 3.63) is 59.1 Å². The number of hydrogen-bond acceptors (Lipinski definition) is 4. The number of anilines is 1. The first-order valence-electron chi connectivity index (χ1n) is 7.64. The van der Waals surface area contributed by atoms with Gasteiger partial charge in [-0.2, -0.15) is 8.78 Å². The summed E-state index contributed by atoms with van der Waals surface area (Å²) in [6, 6.07) is 12.8. The van der Waals surface area contributed by atoms with Gasteiger partial charge >= 0.3 is 5.97 Å². The number of rotatable bonds is 7. The van der Waals surface area contributed by atoms with Crippen molar-refractivity contribution in [3.63, 3.8) is 0 Å². The summed E-state index contributed by atoms with van der Waals surface area (Å²) in [5, 5.41) is 3.01. The summed E-state index contributed by atoms with van der Waals surface area (Å²) >= 11 is 6.40. The Morgan fingerprint density at radius 3 is 2.42 bits per heavy atom. The minimum Gasteiger partial charge on any atom is -0.452 e. The Hall–Kier alpha value is -2.12. The smallest absolute Gasteiger partial charge is 0.311 e. The molecule has 0 bridgehead atoms. The third-order valence-corrected chi connectivity index (χ3v) is 4.41. The molecule has 26 heavy (non-hydrogen) atoms. The Kier molecular flexibility index (Phi) is 7.41. The van der Waals surface area contributed by atoms with E-state index in [1.54, 1.807) is 24.3 Å². The van der Waals surface area contributed by atoms with E-state index in [0.717, 1.165) is 0 Å². The topological polar surface area (TPSA) is 55.4 Å². The largest absolute Gasteiger partial charge is 0.452 e. The first-order chi connectivity index (χ1) is 12.3. The fourth-order valence-electron chi connectivity index (χ4n) is 2.05. The van der Waals surface area contributed by atoms with Gasteiger partial charge in [0.1, 0.15) is 0 Å². The molecule has 2 aromatic rings. The maximum atomic E-state index is 12.3. The minimum absolute atomic E-state index is 0.0448. The van der Waals surface area contributed by atoms with Crippen molar-refractivity contribution >= 4 is 40.9 Å². The van der Waals surface area contributed by atoms with Gasteiger partial charge in [-0.25, -0.2) is 0 Å². The number of thioether (sulfide) groups is 1. The van der Waals surface area contributed by atoms with Crippen molar-refractivity contribution < 1.29 is 23.1 Å². The first-order valence-corrected chi connectivity index (χ1v) is 8.89. The molecule has 2 aromatic carbocycles. The molecule has 0 saturated carbocycles. The van der Waals surface area contributed by atoms with E-state index < -0.39 is 23.7 Å². The summed E-state index contributed by atoms with van der Waals surface area (Å²) < 4.78 is 29.7. The van der Waals surface area contributed by atoms with E-state index in [1.165, 1.54) is 31.2 Å². The molecule has 2 rings (SSSR count). The van der Waals surface area contributed by atoms with Crippen LogP contribution in [-0.2, 0) is 20.7 Å². The monoisotopic (exact) mass is 399 g/mol. The van der Waals surface area contributed by atoms with Crippen LogP contribution in [0.1, 0.15) is 12.5 Å². The maximum absolute atomic E-state index is 12.3. The molecule has 4 nitrogen and oxygen atoms in total. The summed E-state index contributed by atoms with van der Waals surface area (Å²) in [6.07, 6.45) is -1.06. The Morgan fingerprint density at radius 2 is 1.81 bits per heavy atom. The summed E-state index contributed by atoms with van der Waals surface area (Å²) in [5.74, 6) is -3.61. The van der Waals surface area contributed by atoms with E-state index in [1.807, 2.05) is 0 Å². The fraction of sp³-hybridized carbons (Fsp3) is 0.222. The summed E-state index contributed by atoms with van der Waals surface area (Å²) in [6.45, 7) is 1.45. The lowest BCUT2D eigenvalue weighted by Crippen LogP contribution is -2.30.